The number of unbranched alkanes of at least 4 members (excludes halogenated alkanes) is 2. The highest BCUT2D eigenvalue weighted by Crippen LogP contribution is 2.37. The minimum Gasteiger partial charge on any atom is -0.484 e. The van der Waals surface area contributed by atoms with Crippen LogP contribution in [0.4, 0.5) is 26.0 Å². The Morgan fingerprint density at radius 2 is 1.84 bits per heavy atom. The maximum atomic E-state index is 14.3. The van der Waals surface area contributed by atoms with E-state index in [0.717, 1.165) is 101 Å². The Kier molecular flexibility index (Phi) is 14.6. The number of nitrogens with one attached hydrogen (secondary N) is 1. The zero-order chi connectivity index (χ0) is 43.0. The van der Waals surface area contributed by atoms with Crippen LogP contribution in [0.15, 0.2) is 53.4 Å². The van der Waals surface area contributed by atoms with Gasteiger partial charge < -0.3 is 34.1 Å². The van der Waals surface area contributed by atoms with Crippen LogP contribution in [0.5, 0.6) is 5.75 Å². The first-order valence-electron chi connectivity index (χ1n) is 21.4. The third-order valence-electron chi connectivity index (χ3n) is 12.0. The van der Waals surface area contributed by atoms with Crippen LogP contribution in [-0.2, 0) is 16.0 Å². The molecule has 2 aliphatic carbocycles. The SMILES string of the molecule is CN(CCCCCNC(=O)COc1ccc2c(c1)CCCN2C(=O)CCl)CC1CCC(n2cc(N(C)C(=O)c3coc(-c4ccnc(N(C)C5CC5)c4)n3)c(C(F)F)n2)CC1. The Morgan fingerprint density at radius 3 is 2.59 bits per heavy atom. The van der Waals surface area contributed by atoms with Crippen molar-refractivity contribution in [1.29, 1.82) is 0 Å². The number of nitrogens with zero attached hydrogens (tertiary/aromatic N) is 8. The van der Waals surface area contributed by atoms with E-state index in [0.29, 0.717) is 36.4 Å². The lowest BCUT2D eigenvalue weighted by atomic mass is 9.86. The van der Waals surface area contributed by atoms with E-state index in [4.69, 9.17) is 20.8 Å². The number of carbonyl (C=O) groups is 3. The Morgan fingerprint density at radius 1 is 1.03 bits per heavy atom. The Bertz CT molecular complexity index is 2140. The number of hydrogen-bond donors (Lipinski definition) is 1. The fraction of sp³-hybridized carbons (Fsp3) is 0.545. The molecule has 1 aromatic carbocycles. The molecule has 0 spiro atoms. The molecule has 0 atom stereocenters. The first-order chi connectivity index (χ1) is 29.5. The molecular formula is C44H56ClF2N9O5. The summed E-state index contributed by atoms with van der Waals surface area (Å²) in [7, 11) is 5.58. The summed E-state index contributed by atoms with van der Waals surface area (Å²) in [5, 5.41) is 7.24. The number of halogens is 3. The smallest absolute Gasteiger partial charge is 0.284 e. The molecule has 0 unspecified atom stereocenters. The highest BCUT2D eigenvalue weighted by Gasteiger charge is 2.31. The summed E-state index contributed by atoms with van der Waals surface area (Å²) in [6.07, 6.45) is 11.9. The summed E-state index contributed by atoms with van der Waals surface area (Å²) in [4.78, 5) is 54.3. The van der Waals surface area contributed by atoms with Crippen LogP contribution in [0, 0.1) is 5.92 Å². The number of aromatic nitrogens is 4. The average Bonchev–Trinajstić information content (AvgIpc) is 3.82. The van der Waals surface area contributed by atoms with Gasteiger partial charge in [-0.2, -0.15) is 5.10 Å². The van der Waals surface area contributed by atoms with Crippen LogP contribution in [0.2, 0.25) is 0 Å². The zero-order valence-corrected chi connectivity index (χ0v) is 36.0. The van der Waals surface area contributed by atoms with Gasteiger partial charge in [-0.3, -0.25) is 19.1 Å². The Labute approximate surface area is 360 Å². The highest BCUT2D eigenvalue weighted by molar-refractivity contribution is 6.29. The average molecular weight is 864 g/mol. The van der Waals surface area contributed by atoms with E-state index in [1.807, 2.05) is 25.2 Å². The fourth-order valence-corrected chi connectivity index (χ4v) is 8.55. The van der Waals surface area contributed by atoms with E-state index in [2.05, 4.69) is 37.2 Å². The maximum absolute atomic E-state index is 14.3. The fourth-order valence-electron chi connectivity index (χ4n) is 8.41. The van der Waals surface area contributed by atoms with Gasteiger partial charge in [0.1, 0.15) is 23.7 Å². The molecule has 0 bridgehead atoms. The molecule has 328 valence electrons. The quantitative estimate of drug-likeness (QED) is 0.0755. The predicted molar refractivity (Wildman–Crippen MR) is 230 cm³/mol. The van der Waals surface area contributed by atoms with Gasteiger partial charge in [-0.15, -0.1) is 11.6 Å². The standard InChI is InChI=1S/C44H56ClF2N9O5/c1-52(20-6-4-5-18-49-39(57)28-60-34-15-16-36-30(22-34)8-7-21-55(36)40(58)24-45)25-29-9-11-33(12-10-29)56-26-37(41(51-56)42(46)47)54(3)44(59)35-27-61-43(50-35)31-17-19-48-38(23-31)53(2)32-13-14-32/h15-17,19,22-23,26-27,29,32-33,42H,4-14,18,20-21,24-25,28H2,1-3H3,(H,49,57). The molecule has 4 heterocycles. The van der Waals surface area contributed by atoms with Crippen LogP contribution in [-0.4, -0.2) is 108 Å². The van der Waals surface area contributed by atoms with Crippen molar-refractivity contribution in [2.75, 3.05) is 74.5 Å². The Hall–Kier alpha value is -5.09. The third-order valence-corrected chi connectivity index (χ3v) is 12.3. The molecule has 7 rings (SSSR count). The predicted octanol–water partition coefficient (Wildman–Crippen LogP) is 7.29. The van der Waals surface area contributed by atoms with Gasteiger partial charge in [-0.05, 0) is 120 Å². The van der Waals surface area contributed by atoms with Gasteiger partial charge >= 0.3 is 0 Å². The summed E-state index contributed by atoms with van der Waals surface area (Å²) in [5.74, 6) is 1.21. The molecule has 1 aliphatic heterocycles. The van der Waals surface area contributed by atoms with Crippen LogP contribution >= 0.6 is 11.6 Å². The number of rotatable bonds is 19. The van der Waals surface area contributed by atoms with Crippen molar-refractivity contribution in [3.05, 3.63) is 65.9 Å². The molecule has 61 heavy (non-hydrogen) atoms. The second-order valence-corrected chi connectivity index (χ2v) is 16.8. The Balaban J connectivity index is 0.803. The molecule has 0 radical (unpaired) electrons. The van der Waals surface area contributed by atoms with Gasteiger partial charge in [0.2, 0.25) is 11.8 Å². The van der Waals surface area contributed by atoms with Gasteiger partial charge in [0.15, 0.2) is 18.0 Å². The van der Waals surface area contributed by atoms with Crippen molar-refractivity contribution >= 4 is 46.5 Å². The van der Waals surface area contributed by atoms with Crippen molar-refractivity contribution in [2.24, 2.45) is 5.92 Å². The highest BCUT2D eigenvalue weighted by atomic mass is 35.5. The molecule has 4 aromatic rings. The number of anilines is 3. The second-order valence-electron chi connectivity index (χ2n) is 16.5. The molecule has 3 aliphatic rings. The number of fused-ring (bicyclic) bond motifs is 1. The van der Waals surface area contributed by atoms with Crippen LogP contribution in [0.3, 0.4) is 0 Å². The second kappa shape index (κ2) is 20.2. The summed E-state index contributed by atoms with van der Waals surface area (Å²) in [6.45, 7) is 3.05. The van der Waals surface area contributed by atoms with Crippen LogP contribution < -0.4 is 24.8 Å². The van der Waals surface area contributed by atoms with Gasteiger partial charge in [0.05, 0.1) is 11.7 Å². The summed E-state index contributed by atoms with van der Waals surface area (Å²) < 4.78 is 41.6. The molecule has 14 nitrogen and oxygen atoms in total. The van der Waals surface area contributed by atoms with Crippen molar-refractivity contribution < 1.29 is 32.3 Å². The molecule has 0 saturated heterocycles. The lowest BCUT2D eigenvalue weighted by Gasteiger charge is -2.31. The molecule has 3 amide bonds. The number of hydrogen-bond acceptors (Lipinski definition) is 10. The van der Waals surface area contributed by atoms with Crippen molar-refractivity contribution in [2.45, 2.75) is 89.1 Å². The van der Waals surface area contributed by atoms with Gasteiger partial charge in [0.25, 0.3) is 18.2 Å². The number of oxazole rings is 1. The molecule has 1 N–H and O–H groups in total. The van der Waals surface area contributed by atoms with Crippen molar-refractivity contribution in [3.63, 3.8) is 0 Å². The summed E-state index contributed by atoms with van der Waals surface area (Å²) >= 11 is 5.77. The lowest BCUT2D eigenvalue weighted by Crippen LogP contribution is -2.36. The van der Waals surface area contributed by atoms with Crippen LogP contribution in [0.1, 0.15) is 98.4 Å². The van der Waals surface area contributed by atoms with Gasteiger partial charge in [0, 0.05) is 63.4 Å². The molecular weight excluding hydrogens is 808 g/mol. The van der Waals surface area contributed by atoms with E-state index in [9.17, 15) is 23.2 Å². The molecule has 2 saturated carbocycles. The van der Waals surface area contributed by atoms with Crippen molar-refractivity contribution in [3.8, 4) is 17.2 Å². The van der Waals surface area contributed by atoms with Gasteiger partial charge in [-0.1, -0.05) is 6.42 Å². The topological polar surface area (TPSA) is 142 Å². The van der Waals surface area contributed by atoms with Gasteiger partial charge in [-0.25, -0.2) is 18.7 Å². The largest absolute Gasteiger partial charge is 0.484 e. The van der Waals surface area contributed by atoms with E-state index in [1.54, 1.807) is 34.1 Å². The first-order valence-corrected chi connectivity index (χ1v) is 21.9. The molecule has 17 heteroatoms. The zero-order valence-electron chi connectivity index (χ0n) is 35.2. The number of carbonyl (C=O) groups excluding carboxylic acids is 3. The van der Waals surface area contributed by atoms with E-state index >= 15 is 0 Å². The van der Waals surface area contributed by atoms with Crippen LogP contribution in [0.25, 0.3) is 11.5 Å². The maximum Gasteiger partial charge on any atom is 0.284 e. The third kappa shape index (κ3) is 11.1. The minimum atomic E-state index is -2.86. The number of alkyl halides is 3. The normalized spacial score (nSPS) is 17.7. The number of ether oxygens (including phenoxy) is 1. The lowest BCUT2D eigenvalue weighted by molar-refractivity contribution is -0.123. The molecule has 2 fully saturated rings. The van der Waals surface area contributed by atoms with Crippen molar-refractivity contribution in [1.82, 2.24) is 30.0 Å². The molecule has 3 aromatic heterocycles. The summed E-state index contributed by atoms with van der Waals surface area (Å²) in [5.41, 5.74) is 2.17. The number of aryl methyl sites for hydroxylation is 1. The summed E-state index contributed by atoms with van der Waals surface area (Å²) in [6, 6.07) is 9.58. The minimum absolute atomic E-state index is 0.0108. The van der Waals surface area contributed by atoms with E-state index in [-0.39, 0.29) is 47.6 Å². The van der Waals surface area contributed by atoms with E-state index in [1.165, 1.54) is 18.2 Å². The number of amides is 3. The number of benzene rings is 1. The number of pyridine rings is 1. The first kappa shape index (κ1) is 44.0. The van der Waals surface area contributed by atoms with E-state index < -0.39 is 18.0 Å². The monoisotopic (exact) mass is 863 g/mol.